The molecule has 1 heterocycles. The molecule has 1 unspecified atom stereocenters. The molecule has 1 amide bonds. The van der Waals surface area contributed by atoms with E-state index in [9.17, 15) is 13.2 Å². The highest BCUT2D eigenvalue weighted by atomic mass is 32.2. The highest BCUT2D eigenvalue weighted by Gasteiger charge is 2.27. The number of ether oxygens (including phenoxy) is 1. The average Bonchev–Trinajstić information content (AvgIpc) is 2.66. The minimum atomic E-state index is -3.67. The number of carbonyl (C=O) groups is 1. The number of nitrogens with two attached hydrogens (primary N) is 1. The fraction of sp³-hybridized carbons (Fsp3) is 0.278. The number of hydrogen-bond donors (Lipinski definition) is 3. The zero-order chi connectivity index (χ0) is 18.6. The SMILES string of the molecule is NCCNS(=O)(=O)c1cccc(NC(=O)C2OCCc3ccccc32)c1. The number of benzene rings is 2. The summed E-state index contributed by atoms with van der Waals surface area (Å²) in [7, 11) is -3.67. The molecule has 0 spiro atoms. The van der Waals surface area contributed by atoms with Gasteiger partial charge in [-0.15, -0.1) is 0 Å². The molecule has 0 bridgehead atoms. The second-order valence-corrected chi connectivity index (χ2v) is 7.67. The molecular formula is C18H21N3O4S. The largest absolute Gasteiger partial charge is 0.363 e. The molecule has 8 heteroatoms. The fourth-order valence-electron chi connectivity index (χ4n) is 2.84. The maximum atomic E-state index is 12.6. The first-order valence-electron chi connectivity index (χ1n) is 8.31. The molecule has 0 saturated heterocycles. The molecule has 26 heavy (non-hydrogen) atoms. The van der Waals surface area contributed by atoms with Gasteiger partial charge in [0.2, 0.25) is 10.0 Å². The van der Waals surface area contributed by atoms with Gasteiger partial charge in [0.1, 0.15) is 0 Å². The molecule has 0 radical (unpaired) electrons. The highest BCUT2D eigenvalue weighted by molar-refractivity contribution is 7.89. The first-order valence-corrected chi connectivity index (χ1v) is 9.79. The van der Waals surface area contributed by atoms with E-state index in [1.807, 2.05) is 24.3 Å². The van der Waals surface area contributed by atoms with Gasteiger partial charge in [-0.25, -0.2) is 13.1 Å². The van der Waals surface area contributed by atoms with Gasteiger partial charge in [0, 0.05) is 18.8 Å². The number of carbonyl (C=O) groups excluding carboxylic acids is 1. The summed E-state index contributed by atoms with van der Waals surface area (Å²) >= 11 is 0. The third kappa shape index (κ3) is 4.10. The van der Waals surface area contributed by atoms with Gasteiger partial charge in [-0.3, -0.25) is 4.79 Å². The Hall–Kier alpha value is -2.26. The van der Waals surface area contributed by atoms with E-state index in [0.29, 0.717) is 12.3 Å². The van der Waals surface area contributed by atoms with Crippen LogP contribution in [-0.4, -0.2) is 34.0 Å². The number of sulfonamides is 1. The smallest absolute Gasteiger partial charge is 0.258 e. The van der Waals surface area contributed by atoms with Crippen LogP contribution in [0.5, 0.6) is 0 Å². The normalized spacial score (nSPS) is 16.7. The highest BCUT2D eigenvalue weighted by Crippen LogP contribution is 2.28. The first kappa shape index (κ1) is 18.5. The molecule has 0 aliphatic carbocycles. The lowest BCUT2D eigenvalue weighted by molar-refractivity contribution is -0.128. The van der Waals surface area contributed by atoms with Crippen LogP contribution in [-0.2, 0) is 26.0 Å². The predicted octanol–water partition coefficient (Wildman–Crippen LogP) is 1.18. The van der Waals surface area contributed by atoms with Crippen LogP contribution in [0.4, 0.5) is 5.69 Å². The third-order valence-corrected chi connectivity index (χ3v) is 5.54. The average molecular weight is 375 g/mol. The van der Waals surface area contributed by atoms with E-state index in [-0.39, 0.29) is 23.9 Å². The molecule has 2 aromatic carbocycles. The van der Waals surface area contributed by atoms with Crippen molar-refractivity contribution >= 4 is 21.6 Å². The summed E-state index contributed by atoms with van der Waals surface area (Å²) in [6.07, 6.45) is 0.0520. The lowest BCUT2D eigenvalue weighted by atomic mass is 9.97. The van der Waals surface area contributed by atoms with Crippen molar-refractivity contribution in [3.63, 3.8) is 0 Å². The Morgan fingerprint density at radius 3 is 2.81 bits per heavy atom. The van der Waals surface area contributed by atoms with E-state index in [1.54, 1.807) is 12.1 Å². The Labute approximate surface area is 152 Å². The minimum Gasteiger partial charge on any atom is -0.363 e. The molecule has 7 nitrogen and oxygen atoms in total. The van der Waals surface area contributed by atoms with Gasteiger partial charge >= 0.3 is 0 Å². The standard InChI is InChI=1S/C18H21N3O4S/c19-9-10-20-26(23,24)15-6-3-5-14(12-15)21-18(22)17-16-7-2-1-4-13(16)8-11-25-17/h1-7,12,17,20H,8-11,19H2,(H,21,22). The summed E-state index contributed by atoms with van der Waals surface area (Å²) in [5.41, 5.74) is 7.64. The zero-order valence-corrected chi connectivity index (χ0v) is 15.0. The quantitative estimate of drug-likeness (QED) is 0.702. The van der Waals surface area contributed by atoms with Crippen LogP contribution >= 0.6 is 0 Å². The van der Waals surface area contributed by atoms with E-state index in [1.165, 1.54) is 12.1 Å². The molecule has 2 aromatic rings. The molecule has 0 saturated carbocycles. The molecular weight excluding hydrogens is 354 g/mol. The number of anilines is 1. The van der Waals surface area contributed by atoms with Gasteiger partial charge in [0.15, 0.2) is 6.10 Å². The first-order chi connectivity index (χ1) is 12.5. The van der Waals surface area contributed by atoms with Gasteiger partial charge in [0.05, 0.1) is 11.5 Å². The number of amides is 1. The predicted molar refractivity (Wildman–Crippen MR) is 98.2 cm³/mol. The maximum Gasteiger partial charge on any atom is 0.258 e. The summed E-state index contributed by atoms with van der Waals surface area (Å²) in [4.78, 5) is 12.7. The van der Waals surface area contributed by atoms with Gasteiger partial charge in [-0.2, -0.15) is 0 Å². The van der Waals surface area contributed by atoms with E-state index < -0.39 is 16.1 Å². The fourth-order valence-corrected chi connectivity index (χ4v) is 3.93. The van der Waals surface area contributed by atoms with Crippen molar-refractivity contribution < 1.29 is 17.9 Å². The maximum absolute atomic E-state index is 12.6. The molecule has 1 aliphatic heterocycles. The summed E-state index contributed by atoms with van der Waals surface area (Å²) in [6.45, 7) is 0.812. The van der Waals surface area contributed by atoms with E-state index in [4.69, 9.17) is 10.5 Å². The Kier molecular flexibility index (Phi) is 5.67. The Bertz CT molecular complexity index is 899. The Morgan fingerprint density at radius 2 is 2.00 bits per heavy atom. The van der Waals surface area contributed by atoms with Crippen LogP contribution in [0.3, 0.4) is 0 Å². The molecule has 138 valence electrons. The molecule has 4 N–H and O–H groups in total. The zero-order valence-electron chi connectivity index (χ0n) is 14.1. The topological polar surface area (TPSA) is 111 Å². The third-order valence-electron chi connectivity index (χ3n) is 4.08. The summed E-state index contributed by atoms with van der Waals surface area (Å²) < 4.78 is 32.4. The molecule has 0 aromatic heterocycles. The van der Waals surface area contributed by atoms with Crippen LogP contribution in [0.15, 0.2) is 53.4 Å². The molecule has 1 atom stereocenters. The van der Waals surface area contributed by atoms with E-state index in [2.05, 4.69) is 10.0 Å². The van der Waals surface area contributed by atoms with E-state index >= 15 is 0 Å². The summed E-state index contributed by atoms with van der Waals surface area (Å²) in [6, 6.07) is 13.7. The minimum absolute atomic E-state index is 0.0636. The second-order valence-electron chi connectivity index (χ2n) is 5.90. The second kappa shape index (κ2) is 7.96. The summed E-state index contributed by atoms with van der Waals surface area (Å²) in [5, 5.41) is 2.74. The van der Waals surface area contributed by atoms with Crippen molar-refractivity contribution in [3.8, 4) is 0 Å². The van der Waals surface area contributed by atoms with Crippen molar-refractivity contribution in [3.05, 3.63) is 59.7 Å². The van der Waals surface area contributed by atoms with Crippen molar-refractivity contribution in [2.45, 2.75) is 17.4 Å². The number of nitrogens with one attached hydrogen (secondary N) is 2. The van der Waals surface area contributed by atoms with Gasteiger partial charge in [-0.1, -0.05) is 30.3 Å². The van der Waals surface area contributed by atoms with E-state index in [0.717, 1.165) is 17.5 Å². The molecule has 1 aliphatic rings. The molecule has 0 fully saturated rings. The Morgan fingerprint density at radius 1 is 1.19 bits per heavy atom. The van der Waals surface area contributed by atoms with Crippen LogP contribution in [0.25, 0.3) is 0 Å². The number of rotatable bonds is 6. The van der Waals surface area contributed by atoms with Crippen LogP contribution < -0.4 is 15.8 Å². The van der Waals surface area contributed by atoms with Gasteiger partial charge < -0.3 is 15.8 Å². The lowest BCUT2D eigenvalue weighted by Gasteiger charge is -2.25. The number of hydrogen-bond acceptors (Lipinski definition) is 5. The number of fused-ring (bicyclic) bond motifs is 1. The Balaban J connectivity index is 1.78. The molecule has 3 rings (SSSR count). The van der Waals surface area contributed by atoms with Crippen LogP contribution in [0.1, 0.15) is 17.2 Å². The van der Waals surface area contributed by atoms with Gasteiger partial charge in [0.25, 0.3) is 5.91 Å². The monoisotopic (exact) mass is 375 g/mol. The summed E-state index contributed by atoms with van der Waals surface area (Å²) in [5.74, 6) is -0.332. The van der Waals surface area contributed by atoms with Crippen molar-refractivity contribution in [2.75, 3.05) is 25.0 Å². The van der Waals surface area contributed by atoms with Crippen LogP contribution in [0, 0.1) is 0 Å². The van der Waals surface area contributed by atoms with Crippen molar-refractivity contribution in [1.29, 1.82) is 0 Å². The van der Waals surface area contributed by atoms with Crippen LogP contribution in [0.2, 0.25) is 0 Å². The lowest BCUT2D eigenvalue weighted by Crippen LogP contribution is -2.30. The van der Waals surface area contributed by atoms with Crippen molar-refractivity contribution in [2.24, 2.45) is 5.73 Å². The van der Waals surface area contributed by atoms with Crippen molar-refractivity contribution in [1.82, 2.24) is 4.72 Å². The van der Waals surface area contributed by atoms with Gasteiger partial charge in [-0.05, 0) is 35.7 Å².